The first kappa shape index (κ1) is 7.74. The van der Waals surface area contributed by atoms with Crippen LogP contribution in [0.15, 0.2) is 0 Å². The third-order valence-corrected chi connectivity index (χ3v) is 4.94. The van der Waals surface area contributed by atoms with Crippen LogP contribution in [0.2, 0.25) is 20.1 Å². The van der Waals surface area contributed by atoms with Crippen molar-refractivity contribution in [3.8, 4) is 0 Å². The molecule has 0 bridgehead atoms. The van der Waals surface area contributed by atoms with Gasteiger partial charge >= 0.3 is 50.5 Å². The van der Waals surface area contributed by atoms with E-state index in [2.05, 4.69) is 22.3 Å². The molecule has 0 aliphatic rings. The molecule has 0 aromatic rings. The van der Waals surface area contributed by atoms with E-state index in [0.717, 1.165) is 0 Å². The van der Waals surface area contributed by atoms with Crippen molar-refractivity contribution in [1.29, 1.82) is 0 Å². The van der Waals surface area contributed by atoms with Gasteiger partial charge in [0.1, 0.15) is 0 Å². The normalized spacial score (nSPS) is 14.3. The first-order valence-corrected chi connectivity index (χ1v) is 10.4. The van der Waals surface area contributed by atoms with E-state index in [4.69, 9.17) is 0 Å². The van der Waals surface area contributed by atoms with E-state index in [-0.39, 0.29) is 0 Å². The van der Waals surface area contributed by atoms with E-state index >= 15 is 0 Å². The van der Waals surface area contributed by atoms with Crippen molar-refractivity contribution < 1.29 is 17.1 Å². The molecule has 0 N–H and O–H groups in total. The fraction of sp³-hybridized carbons (Fsp3) is 1.00. The molecule has 0 radical (unpaired) electrons. The fourth-order valence-corrected chi connectivity index (χ4v) is 3.70. The Morgan fingerprint density at radius 2 is 1.57 bits per heavy atom. The Bertz CT molecular complexity index is 42.6. The minimum absolute atomic E-state index is 0.959. The van der Waals surface area contributed by atoms with E-state index in [1.54, 1.807) is 0 Å². The molecule has 0 aromatic carbocycles. The Morgan fingerprint density at radius 3 is 1.57 bits per heavy atom. The summed E-state index contributed by atoms with van der Waals surface area (Å²) in [4.78, 5) is 0. The summed E-state index contributed by atoms with van der Waals surface area (Å²) in [5.74, 6) is 0. The van der Waals surface area contributed by atoms with E-state index in [1.165, 1.54) is 11.1 Å². The van der Waals surface area contributed by atoms with Gasteiger partial charge in [-0.25, -0.2) is 0 Å². The minimum atomic E-state index is -0.959. The topological polar surface area (TPSA) is 0 Å². The molecular weight excluding hydrogens is 269 g/mol. The molecule has 0 fully saturated rings. The third-order valence-electron chi connectivity index (χ3n) is 0.603. The summed E-state index contributed by atoms with van der Waals surface area (Å²) in [5.41, 5.74) is 0. The molecule has 0 nitrogen and oxygen atoms in total. The van der Waals surface area contributed by atoms with Crippen LogP contribution in [0.5, 0.6) is 0 Å². The van der Waals surface area contributed by atoms with Crippen LogP contribution in [0.1, 0.15) is 13.3 Å². The quantitative estimate of drug-likeness (QED) is 0.684. The second-order valence-corrected chi connectivity index (χ2v) is 14.4. The Kier molecular flexibility index (Phi) is 3.21. The second-order valence-electron chi connectivity index (χ2n) is 2.19. The number of hydrogen-bond donors (Lipinski definition) is 0. The summed E-state index contributed by atoms with van der Waals surface area (Å²) < 4.78 is 1.51. The van der Waals surface area contributed by atoms with Gasteiger partial charge in [-0.2, -0.15) is 0 Å². The van der Waals surface area contributed by atoms with Crippen molar-refractivity contribution in [3.63, 3.8) is 0 Å². The van der Waals surface area contributed by atoms with E-state index in [0.29, 0.717) is 0 Å². The van der Waals surface area contributed by atoms with E-state index in [9.17, 15) is 0 Å². The summed E-state index contributed by atoms with van der Waals surface area (Å²) >= 11 is -0.959. The van der Waals surface area contributed by atoms with Crippen LogP contribution in [0.25, 0.3) is 0 Å². The Hall–Kier alpha value is 0.740. The molecule has 0 aliphatic carbocycles. The molecule has 51 valence electrons. The second kappa shape index (κ2) is 2.91. The van der Waals surface area contributed by atoms with Crippen molar-refractivity contribution in [1.82, 2.24) is 0 Å². The molecule has 0 spiro atoms. The summed E-state index contributed by atoms with van der Waals surface area (Å²) in [7, 11) is 0. The maximum atomic E-state index is 2.45. The molecule has 0 aliphatic heterocycles. The molecule has 7 heavy (non-hydrogen) atoms. The Balaban J connectivity index is 3.15. The molecule has 0 rings (SSSR count). The van der Waals surface area contributed by atoms with Crippen LogP contribution in [-0.2, 0) is 17.1 Å². The zero-order valence-electron chi connectivity index (χ0n) is 5.72. The SMILES string of the molecule is CC[CH2][Au]([CH3])([CH3])[CH3]. The van der Waals surface area contributed by atoms with E-state index in [1.807, 2.05) is 0 Å². The zero-order chi connectivity index (χ0) is 5.91. The van der Waals surface area contributed by atoms with Gasteiger partial charge in [0.05, 0.1) is 0 Å². The molecule has 0 saturated carbocycles. The van der Waals surface area contributed by atoms with Crippen molar-refractivity contribution >= 4 is 0 Å². The number of hydrogen-bond acceptors (Lipinski definition) is 0. The van der Waals surface area contributed by atoms with Crippen molar-refractivity contribution in [2.75, 3.05) is 0 Å². The van der Waals surface area contributed by atoms with Crippen LogP contribution in [0, 0.1) is 0 Å². The van der Waals surface area contributed by atoms with Crippen molar-refractivity contribution in [2.45, 2.75) is 33.4 Å². The van der Waals surface area contributed by atoms with Crippen LogP contribution in [-0.4, -0.2) is 0 Å². The van der Waals surface area contributed by atoms with Gasteiger partial charge in [0.2, 0.25) is 0 Å². The van der Waals surface area contributed by atoms with Crippen LogP contribution in [0.4, 0.5) is 0 Å². The summed E-state index contributed by atoms with van der Waals surface area (Å²) in [6.45, 7) is 2.27. The average Bonchev–Trinajstić information content (AvgIpc) is 1.30. The Labute approximate surface area is 50.8 Å². The molecule has 0 atom stereocenters. The third kappa shape index (κ3) is 6.74. The van der Waals surface area contributed by atoms with Gasteiger partial charge in [-0.1, -0.05) is 0 Å². The first-order valence-electron chi connectivity index (χ1n) is 2.32. The predicted octanol–water partition coefficient (Wildman–Crippen LogP) is 3.11. The summed E-state index contributed by atoms with van der Waals surface area (Å²) in [6.07, 6.45) is 1.39. The van der Waals surface area contributed by atoms with Crippen molar-refractivity contribution in [3.05, 3.63) is 0 Å². The molecular formula is C6H16Au. The standard InChI is InChI=1S/C3H7.3CH3.Au/c1-3-2;;;;/h1,3H2,2H3;3*1H3;. The van der Waals surface area contributed by atoms with Gasteiger partial charge in [0.15, 0.2) is 0 Å². The van der Waals surface area contributed by atoms with Gasteiger partial charge < -0.3 is 0 Å². The molecule has 0 amide bonds. The Morgan fingerprint density at radius 1 is 1.14 bits per heavy atom. The molecule has 0 aromatic heterocycles. The van der Waals surface area contributed by atoms with Crippen LogP contribution < -0.4 is 0 Å². The molecule has 1 heteroatoms. The average molecular weight is 285 g/mol. The van der Waals surface area contributed by atoms with Crippen LogP contribution in [0.3, 0.4) is 0 Å². The van der Waals surface area contributed by atoms with Gasteiger partial charge in [0.25, 0.3) is 0 Å². The van der Waals surface area contributed by atoms with E-state index < -0.39 is 17.1 Å². The molecule has 0 unspecified atom stereocenters. The molecule has 0 saturated heterocycles. The van der Waals surface area contributed by atoms with Gasteiger partial charge in [-0.3, -0.25) is 0 Å². The van der Waals surface area contributed by atoms with Crippen molar-refractivity contribution in [2.24, 2.45) is 0 Å². The molecule has 0 heterocycles. The van der Waals surface area contributed by atoms with Gasteiger partial charge in [-0.05, 0) is 0 Å². The summed E-state index contributed by atoms with van der Waals surface area (Å²) in [5, 5.41) is 7.34. The zero-order valence-corrected chi connectivity index (χ0v) is 7.88. The number of rotatable bonds is 2. The summed E-state index contributed by atoms with van der Waals surface area (Å²) in [6, 6.07) is 0. The van der Waals surface area contributed by atoms with Crippen LogP contribution >= 0.6 is 0 Å². The van der Waals surface area contributed by atoms with Gasteiger partial charge in [-0.15, -0.1) is 0 Å². The monoisotopic (exact) mass is 285 g/mol. The maximum absolute atomic E-state index is 2.45. The fourth-order valence-electron chi connectivity index (χ4n) is 0.452. The predicted molar refractivity (Wildman–Crippen MR) is 32.7 cm³/mol. The van der Waals surface area contributed by atoms with Gasteiger partial charge in [0, 0.05) is 0 Å². The first-order chi connectivity index (χ1) is 3.06.